The molecular weight excluding hydrogens is 404 g/mol. The molecule has 0 radical (unpaired) electrons. The molecule has 4 saturated carbocycles. The van der Waals surface area contributed by atoms with Crippen molar-refractivity contribution in [1.82, 2.24) is 5.32 Å². The van der Waals surface area contributed by atoms with Crippen molar-refractivity contribution in [2.24, 2.45) is 46.3 Å². The van der Waals surface area contributed by atoms with Crippen molar-refractivity contribution in [1.29, 1.82) is 5.26 Å². The maximum atomic E-state index is 12.8. The molecule has 33 heavy (non-hydrogen) atoms. The summed E-state index contributed by atoms with van der Waals surface area (Å²) in [5, 5.41) is 12.3. The van der Waals surface area contributed by atoms with E-state index in [9.17, 15) is 4.79 Å². The first-order valence-corrected chi connectivity index (χ1v) is 13.6. The second kappa shape index (κ2) is 8.75. The molecule has 0 bridgehead atoms. The number of nitrogens with one attached hydrogen (secondary N) is 1. The maximum Gasteiger partial charge on any atom is 0.251 e. The summed E-state index contributed by atoms with van der Waals surface area (Å²) < 4.78 is 0. The number of benzene rings is 1. The normalized spacial score (nSPS) is 42.2. The van der Waals surface area contributed by atoms with E-state index in [1.165, 1.54) is 64.2 Å². The molecule has 0 aromatic heterocycles. The SMILES string of the molecule is C[C@H]1CC[C@@H]2C3CC[C@@]4(C)C(CCC[C@@H]4CNC(=O)c4ccc(C#N)cc4)[C@@H]3CC[C@]2(C)C1. The average Bonchev–Trinajstić information content (AvgIpc) is 2.81. The van der Waals surface area contributed by atoms with Crippen LogP contribution in [0.4, 0.5) is 0 Å². The first-order chi connectivity index (χ1) is 15.8. The highest BCUT2D eigenvalue weighted by molar-refractivity contribution is 5.94. The van der Waals surface area contributed by atoms with Crippen molar-refractivity contribution in [2.45, 2.75) is 85.0 Å². The molecule has 2 unspecified atom stereocenters. The Morgan fingerprint density at radius 3 is 2.48 bits per heavy atom. The lowest BCUT2D eigenvalue weighted by molar-refractivity contribution is -0.132. The Morgan fingerprint density at radius 1 is 1.00 bits per heavy atom. The number of hydrogen-bond donors (Lipinski definition) is 1. The van der Waals surface area contributed by atoms with Gasteiger partial charge in [-0.3, -0.25) is 4.79 Å². The Kier molecular flexibility index (Phi) is 6.09. The van der Waals surface area contributed by atoms with E-state index in [1.54, 1.807) is 24.3 Å². The topological polar surface area (TPSA) is 52.9 Å². The van der Waals surface area contributed by atoms with Gasteiger partial charge < -0.3 is 5.32 Å². The highest BCUT2D eigenvalue weighted by Crippen LogP contribution is 2.65. The van der Waals surface area contributed by atoms with Crippen molar-refractivity contribution in [3.63, 3.8) is 0 Å². The molecule has 1 N–H and O–H groups in total. The molecule has 4 fully saturated rings. The molecular formula is C30H42N2O. The molecule has 4 aliphatic carbocycles. The van der Waals surface area contributed by atoms with Crippen LogP contribution in [0.3, 0.4) is 0 Å². The fraction of sp³-hybridized carbons (Fsp3) is 0.733. The summed E-state index contributed by atoms with van der Waals surface area (Å²) in [6, 6.07) is 9.14. The third-order valence-corrected chi connectivity index (χ3v) is 11.0. The summed E-state index contributed by atoms with van der Waals surface area (Å²) in [5.41, 5.74) is 2.22. The van der Waals surface area contributed by atoms with E-state index in [0.717, 1.165) is 36.1 Å². The lowest BCUT2D eigenvalue weighted by atomic mass is 9.42. The van der Waals surface area contributed by atoms with E-state index in [2.05, 4.69) is 32.2 Å². The van der Waals surface area contributed by atoms with Gasteiger partial charge in [0.2, 0.25) is 0 Å². The summed E-state index contributed by atoms with van der Waals surface area (Å²) in [4.78, 5) is 12.8. The van der Waals surface area contributed by atoms with Crippen LogP contribution in [-0.2, 0) is 0 Å². The van der Waals surface area contributed by atoms with Gasteiger partial charge in [0.1, 0.15) is 0 Å². The van der Waals surface area contributed by atoms with Gasteiger partial charge in [0.15, 0.2) is 0 Å². The third kappa shape index (κ3) is 4.02. The first-order valence-electron chi connectivity index (χ1n) is 13.6. The van der Waals surface area contributed by atoms with Crippen molar-refractivity contribution >= 4 is 5.91 Å². The standard InChI is InChI=1S/C30H42N2O/c1-20-7-12-26-24-14-16-30(3)23(19-32-28(33)22-10-8-21(18-31)9-11-22)5-4-6-27(30)25(24)13-15-29(26,2)17-20/h8-11,20,23-27H,4-7,12-17,19H2,1-3H3,(H,32,33)/t20-,23+,24?,25+,26+,27?,29+,30+/m0/s1. The van der Waals surface area contributed by atoms with Crippen molar-refractivity contribution < 1.29 is 4.79 Å². The average molecular weight is 447 g/mol. The fourth-order valence-corrected chi connectivity index (χ4v) is 9.27. The van der Waals surface area contributed by atoms with Crippen LogP contribution < -0.4 is 5.32 Å². The van der Waals surface area contributed by atoms with Crippen molar-refractivity contribution in [2.75, 3.05) is 6.54 Å². The Hall–Kier alpha value is -1.82. The van der Waals surface area contributed by atoms with E-state index >= 15 is 0 Å². The zero-order chi connectivity index (χ0) is 23.2. The second-order valence-electron chi connectivity index (χ2n) is 12.7. The van der Waals surface area contributed by atoms with Crippen molar-refractivity contribution in [3.8, 4) is 6.07 Å². The Labute approximate surface area is 200 Å². The molecule has 0 saturated heterocycles. The van der Waals surface area contributed by atoms with Gasteiger partial charge >= 0.3 is 0 Å². The fourth-order valence-electron chi connectivity index (χ4n) is 9.27. The highest BCUT2D eigenvalue weighted by atomic mass is 16.1. The minimum absolute atomic E-state index is 0.00339. The molecule has 0 heterocycles. The number of hydrogen-bond acceptors (Lipinski definition) is 2. The molecule has 8 atom stereocenters. The second-order valence-corrected chi connectivity index (χ2v) is 12.7. The lowest BCUT2D eigenvalue weighted by Crippen LogP contribution is -2.56. The molecule has 5 rings (SSSR count). The van der Waals surface area contributed by atoms with Gasteiger partial charge in [-0.15, -0.1) is 0 Å². The summed E-state index contributed by atoms with van der Waals surface area (Å²) in [5.74, 6) is 5.14. The van der Waals surface area contributed by atoms with E-state index in [4.69, 9.17) is 5.26 Å². The maximum absolute atomic E-state index is 12.8. The molecule has 0 spiro atoms. The summed E-state index contributed by atoms with van der Waals surface area (Å²) in [7, 11) is 0. The highest BCUT2D eigenvalue weighted by Gasteiger charge is 2.57. The van der Waals surface area contributed by atoms with Gasteiger partial charge in [0.25, 0.3) is 5.91 Å². The Morgan fingerprint density at radius 2 is 1.73 bits per heavy atom. The number of amides is 1. The minimum Gasteiger partial charge on any atom is -0.352 e. The summed E-state index contributed by atoms with van der Waals surface area (Å²) >= 11 is 0. The van der Waals surface area contributed by atoms with Crippen LogP contribution in [0.15, 0.2) is 24.3 Å². The van der Waals surface area contributed by atoms with Crippen LogP contribution in [0.1, 0.15) is 101 Å². The first kappa shape index (κ1) is 22.9. The summed E-state index contributed by atoms with van der Waals surface area (Å²) in [6.07, 6.45) is 14.0. The molecule has 1 aromatic carbocycles. The lowest BCUT2D eigenvalue weighted by Gasteiger charge is -2.63. The number of nitriles is 1. The van der Waals surface area contributed by atoms with Crippen LogP contribution >= 0.6 is 0 Å². The number of carbonyl (C=O) groups is 1. The molecule has 1 aromatic rings. The largest absolute Gasteiger partial charge is 0.352 e. The number of fused-ring (bicyclic) bond motifs is 5. The predicted molar refractivity (Wildman–Crippen MR) is 132 cm³/mol. The van der Waals surface area contributed by atoms with Crippen LogP contribution in [0.2, 0.25) is 0 Å². The van der Waals surface area contributed by atoms with Gasteiger partial charge in [0, 0.05) is 12.1 Å². The van der Waals surface area contributed by atoms with E-state index < -0.39 is 0 Å². The number of nitrogens with zero attached hydrogens (tertiary/aromatic N) is 1. The molecule has 3 nitrogen and oxygen atoms in total. The smallest absolute Gasteiger partial charge is 0.251 e. The number of rotatable bonds is 3. The zero-order valence-corrected chi connectivity index (χ0v) is 20.9. The van der Waals surface area contributed by atoms with E-state index in [1.807, 2.05) is 0 Å². The van der Waals surface area contributed by atoms with Gasteiger partial charge in [-0.25, -0.2) is 0 Å². The van der Waals surface area contributed by atoms with Crippen molar-refractivity contribution in [3.05, 3.63) is 35.4 Å². The van der Waals surface area contributed by atoms with Gasteiger partial charge in [-0.2, -0.15) is 5.26 Å². The third-order valence-electron chi connectivity index (χ3n) is 11.0. The Bertz CT molecular complexity index is 916. The van der Waals surface area contributed by atoms with Crippen LogP contribution in [0.5, 0.6) is 0 Å². The van der Waals surface area contributed by atoms with Gasteiger partial charge in [-0.1, -0.05) is 33.6 Å². The Balaban J connectivity index is 1.27. The minimum atomic E-state index is 0.00339. The quantitative estimate of drug-likeness (QED) is 0.545. The molecule has 3 heteroatoms. The zero-order valence-electron chi connectivity index (χ0n) is 20.9. The molecule has 178 valence electrons. The molecule has 1 amide bonds. The van der Waals surface area contributed by atoms with Crippen LogP contribution in [-0.4, -0.2) is 12.5 Å². The predicted octanol–water partition coefficient (Wildman–Crippen LogP) is 6.97. The molecule has 0 aliphatic heterocycles. The van der Waals surface area contributed by atoms with Crippen LogP contribution in [0, 0.1) is 57.7 Å². The van der Waals surface area contributed by atoms with Crippen LogP contribution in [0.25, 0.3) is 0 Å². The van der Waals surface area contributed by atoms with E-state index in [0.29, 0.717) is 27.9 Å². The van der Waals surface area contributed by atoms with E-state index in [-0.39, 0.29) is 5.91 Å². The number of carbonyl (C=O) groups excluding carboxylic acids is 1. The monoisotopic (exact) mass is 446 g/mol. The van der Waals surface area contributed by atoms with Gasteiger partial charge in [0.05, 0.1) is 11.6 Å². The van der Waals surface area contributed by atoms with Gasteiger partial charge in [-0.05, 0) is 122 Å². The molecule has 4 aliphatic rings. The summed E-state index contributed by atoms with van der Waals surface area (Å²) in [6.45, 7) is 8.47.